The molecule has 9 nitrogen and oxygen atoms in total. The van der Waals surface area contributed by atoms with Crippen molar-refractivity contribution < 1.29 is 14.0 Å². The molecule has 2 atom stereocenters. The van der Waals surface area contributed by atoms with Crippen molar-refractivity contribution in [2.75, 3.05) is 39.8 Å². The predicted molar refractivity (Wildman–Crippen MR) is 125 cm³/mol. The number of piperidine rings is 1. The summed E-state index contributed by atoms with van der Waals surface area (Å²) in [6, 6.07) is 3.59. The van der Waals surface area contributed by atoms with Crippen LogP contribution in [0.1, 0.15) is 58.2 Å². The van der Waals surface area contributed by atoms with Crippen molar-refractivity contribution in [2.45, 2.75) is 31.6 Å². The smallest absolute Gasteiger partial charge is 0.287 e. The fraction of sp³-hybridized carbons (Fsp3) is 0.520. The number of pyridine rings is 1. The number of likely N-dealkylation sites (tertiary alicyclic amines) is 2. The molecular formula is C25H30N6O3. The van der Waals surface area contributed by atoms with Crippen LogP contribution in [0.4, 0.5) is 0 Å². The average Bonchev–Trinajstić information content (AvgIpc) is 3.31. The molecule has 0 radical (unpaired) electrons. The standard InChI is InChI=1S/C25H30N6O3/c1-30-7-3-17(15-30)22-19(13-28-29-22)24(33)31-8-4-25(5-9-31)11-18(25)12-27-23(32)20-10-16-2-6-26-14-21(16)34-20/h2,6,10,13-14,17-18H,3-5,7-9,11-12,15H2,1H3,(H,27,32)(H,28,29). The Morgan fingerprint density at radius 2 is 2.15 bits per heavy atom. The Hall–Kier alpha value is -3.20. The first-order valence-corrected chi connectivity index (χ1v) is 12.2. The Bertz CT molecular complexity index is 1190. The third-order valence-corrected chi connectivity index (χ3v) is 8.14. The van der Waals surface area contributed by atoms with Gasteiger partial charge in [0, 0.05) is 49.9 Å². The lowest BCUT2D eigenvalue weighted by Gasteiger charge is -2.33. The second-order valence-corrected chi connectivity index (χ2v) is 10.2. The van der Waals surface area contributed by atoms with Crippen molar-refractivity contribution in [1.29, 1.82) is 0 Å². The third kappa shape index (κ3) is 3.77. The second-order valence-electron chi connectivity index (χ2n) is 10.2. The summed E-state index contributed by atoms with van der Waals surface area (Å²) in [7, 11) is 2.11. The van der Waals surface area contributed by atoms with Crippen LogP contribution in [0.2, 0.25) is 0 Å². The van der Waals surface area contributed by atoms with Crippen LogP contribution in [0, 0.1) is 11.3 Å². The molecule has 2 aliphatic heterocycles. The van der Waals surface area contributed by atoms with Gasteiger partial charge in [0.15, 0.2) is 11.3 Å². The lowest BCUT2D eigenvalue weighted by Crippen LogP contribution is -2.40. The fourth-order valence-electron chi connectivity index (χ4n) is 5.90. The summed E-state index contributed by atoms with van der Waals surface area (Å²) in [5.41, 5.74) is 2.52. The number of nitrogens with zero attached hydrogens (tertiary/aromatic N) is 4. The minimum absolute atomic E-state index is 0.0954. The molecule has 6 rings (SSSR count). The Morgan fingerprint density at radius 3 is 2.91 bits per heavy atom. The van der Waals surface area contributed by atoms with Gasteiger partial charge in [-0.2, -0.15) is 5.10 Å². The number of carbonyl (C=O) groups is 2. The van der Waals surface area contributed by atoms with Crippen LogP contribution in [0.5, 0.6) is 0 Å². The molecule has 2 unspecified atom stereocenters. The Balaban J connectivity index is 1.02. The molecule has 0 aromatic carbocycles. The number of fused-ring (bicyclic) bond motifs is 1. The van der Waals surface area contributed by atoms with Gasteiger partial charge in [-0.25, -0.2) is 0 Å². The summed E-state index contributed by atoms with van der Waals surface area (Å²) >= 11 is 0. The highest BCUT2D eigenvalue weighted by atomic mass is 16.3. The molecule has 5 heterocycles. The number of likely N-dealkylation sites (N-methyl/N-ethyl adjacent to an activating group) is 1. The maximum absolute atomic E-state index is 13.3. The topological polar surface area (TPSA) is 107 Å². The molecule has 3 fully saturated rings. The highest BCUT2D eigenvalue weighted by Gasteiger charge is 2.55. The minimum atomic E-state index is -0.184. The Morgan fingerprint density at radius 1 is 1.29 bits per heavy atom. The van der Waals surface area contributed by atoms with Crippen LogP contribution >= 0.6 is 0 Å². The molecule has 1 spiro atoms. The Labute approximate surface area is 197 Å². The number of carbonyl (C=O) groups excluding carboxylic acids is 2. The molecule has 1 saturated carbocycles. The summed E-state index contributed by atoms with van der Waals surface area (Å²) in [6.07, 6.45) is 9.18. The third-order valence-electron chi connectivity index (χ3n) is 8.14. The Kier molecular flexibility index (Phi) is 5.17. The van der Waals surface area contributed by atoms with Crippen LogP contribution < -0.4 is 5.32 Å². The molecule has 1 aliphatic carbocycles. The van der Waals surface area contributed by atoms with Gasteiger partial charge < -0.3 is 19.5 Å². The zero-order valence-corrected chi connectivity index (χ0v) is 19.4. The number of hydrogen-bond acceptors (Lipinski definition) is 6. The van der Waals surface area contributed by atoms with Crippen LogP contribution in [0.25, 0.3) is 11.0 Å². The van der Waals surface area contributed by atoms with E-state index in [2.05, 4.69) is 32.4 Å². The first kappa shape index (κ1) is 21.3. The van der Waals surface area contributed by atoms with Crippen molar-refractivity contribution in [2.24, 2.45) is 11.3 Å². The van der Waals surface area contributed by atoms with Gasteiger partial charge in [0.05, 0.1) is 17.5 Å². The zero-order chi connectivity index (χ0) is 23.3. The van der Waals surface area contributed by atoms with Crippen molar-refractivity contribution in [3.05, 3.63) is 47.7 Å². The quantitative estimate of drug-likeness (QED) is 0.604. The zero-order valence-electron chi connectivity index (χ0n) is 19.4. The molecule has 178 valence electrons. The first-order chi connectivity index (χ1) is 16.5. The normalized spacial score (nSPS) is 24.1. The number of H-pyrrole nitrogens is 1. The number of amides is 2. The molecule has 3 aromatic heterocycles. The van der Waals surface area contributed by atoms with E-state index in [9.17, 15) is 9.59 Å². The van der Waals surface area contributed by atoms with Crippen molar-refractivity contribution in [1.82, 2.24) is 30.3 Å². The van der Waals surface area contributed by atoms with Crippen LogP contribution in [0.15, 0.2) is 35.1 Å². The van der Waals surface area contributed by atoms with E-state index in [0.717, 1.165) is 68.5 Å². The average molecular weight is 463 g/mol. The monoisotopic (exact) mass is 462 g/mol. The number of rotatable bonds is 5. The minimum Gasteiger partial charge on any atom is -0.449 e. The summed E-state index contributed by atoms with van der Waals surface area (Å²) in [5, 5.41) is 11.3. The molecule has 3 aliphatic rings. The van der Waals surface area contributed by atoms with Crippen LogP contribution in [0.3, 0.4) is 0 Å². The summed E-state index contributed by atoms with van der Waals surface area (Å²) < 4.78 is 5.62. The molecule has 2 N–H and O–H groups in total. The molecule has 3 aromatic rings. The van der Waals surface area contributed by atoms with Crippen molar-refractivity contribution >= 4 is 22.8 Å². The van der Waals surface area contributed by atoms with Gasteiger partial charge in [-0.1, -0.05) is 0 Å². The van der Waals surface area contributed by atoms with Gasteiger partial charge in [0.2, 0.25) is 0 Å². The molecular weight excluding hydrogens is 432 g/mol. The lowest BCUT2D eigenvalue weighted by atomic mass is 9.90. The van der Waals surface area contributed by atoms with Crippen molar-refractivity contribution in [3.8, 4) is 0 Å². The van der Waals surface area contributed by atoms with E-state index in [4.69, 9.17) is 4.42 Å². The van der Waals surface area contributed by atoms with E-state index < -0.39 is 0 Å². The van der Waals surface area contributed by atoms with Crippen LogP contribution in [-0.2, 0) is 0 Å². The van der Waals surface area contributed by atoms with Crippen molar-refractivity contribution in [3.63, 3.8) is 0 Å². The van der Waals surface area contributed by atoms with Gasteiger partial charge in [0.1, 0.15) is 0 Å². The maximum Gasteiger partial charge on any atom is 0.287 e. The summed E-state index contributed by atoms with van der Waals surface area (Å²) in [4.78, 5) is 34.1. The van der Waals surface area contributed by atoms with Gasteiger partial charge >= 0.3 is 0 Å². The molecule has 2 saturated heterocycles. The van der Waals surface area contributed by atoms with Gasteiger partial charge in [-0.15, -0.1) is 0 Å². The first-order valence-electron chi connectivity index (χ1n) is 12.2. The van der Waals surface area contributed by atoms with E-state index in [1.807, 2.05) is 11.0 Å². The van der Waals surface area contributed by atoms with E-state index in [1.165, 1.54) is 0 Å². The fourth-order valence-corrected chi connectivity index (χ4v) is 5.90. The summed E-state index contributed by atoms with van der Waals surface area (Å²) in [5.74, 6) is 1.01. The number of hydrogen-bond donors (Lipinski definition) is 2. The van der Waals surface area contributed by atoms with Gasteiger partial charge in [-0.05, 0) is 62.7 Å². The molecule has 34 heavy (non-hydrogen) atoms. The SMILES string of the molecule is CN1CCC(c2n[nH]cc2C(=O)N2CCC3(CC2)CC3CNC(=O)c2cc3ccncc3o2)C1. The summed E-state index contributed by atoms with van der Waals surface area (Å²) in [6.45, 7) is 4.16. The molecule has 2 amide bonds. The highest BCUT2D eigenvalue weighted by Crippen LogP contribution is 2.59. The number of aromatic amines is 1. The molecule has 0 bridgehead atoms. The second kappa shape index (κ2) is 8.23. The van der Waals surface area contributed by atoms with Gasteiger partial charge in [0.25, 0.3) is 11.8 Å². The van der Waals surface area contributed by atoms with Gasteiger partial charge in [-0.3, -0.25) is 19.7 Å². The predicted octanol–water partition coefficient (Wildman–Crippen LogP) is 2.64. The van der Waals surface area contributed by atoms with E-state index >= 15 is 0 Å². The maximum atomic E-state index is 13.3. The number of aromatic nitrogens is 3. The highest BCUT2D eigenvalue weighted by molar-refractivity contribution is 5.96. The largest absolute Gasteiger partial charge is 0.449 e. The lowest BCUT2D eigenvalue weighted by molar-refractivity contribution is 0.0667. The van der Waals surface area contributed by atoms with E-state index in [-0.39, 0.29) is 17.2 Å². The number of nitrogens with one attached hydrogen (secondary N) is 2. The van der Waals surface area contributed by atoms with E-state index in [0.29, 0.717) is 29.7 Å². The number of furan rings is 1. The van der Waals surface area contributed by atoms with Crippen LogP contribution in [-0.4, -0.2) is 76.6 Å². The molecule has 9 heteroatoms. The van der Waals surface area contributed by atoms with E-state index in [1.54, 1.807) is 24.7 Å².